The fourth-order valence-corrected chi connectivity index (χ4v) is 4.43. The Morgan fingerprint density at radius 3 is 2.65 bits per heavy atom. The van der Waals surface area contributed by atoms with E-state index in [2.05, 4.69) is 17.3 Å². The van der Waals surface area contributed by atoms with Gasteiger partial charge >= 0.3 is 0 Å². The van der Waals surface area contributed by atoms with E-state index < -0.39 is 6.10 Å². The maximum Gasteiger partial charge on any atom is 0.162 e. The number of benzene rings is 1. The Morgan fingerprint density at radius 1 is 1.15 bits per heavy atom. The number of anilines is 1. The Labute approximate surface area is 202 Å². The van der Waals surface area contributed by atoms with Crippen LogP contribution in [-0.4, -0.2) is 64.0 Å². The third-order valence-electron chi connectivity index (χ3n) is 6.54. The molecule has 2 N–H and O–H groups in total. The summed E-state index contributed by atoms with van der Waals surface area (Å²) in [6.45, 7) is 2.68. The molecule has 3 aromatic rings. The molecule has 0 radical (unpaired) electrons. The van der Waals surface area contributed by atoms with Crippen molar-refractivity contribution >= 4 is 5.82 Å². The molecule has 0 bridgehead atoms. The van der Waals surface area contributed by atoms with E-state index in [0.717, 1.165) is 28.6 Å². The van der Waals surface area contributed by atoms with Gasteiger partial charge in [0, 0.05) is 44.5 Å². The standard InChI is InChI=1S/C26H36N6O2/c1-18-28-24(16-31(18)3)23-14-25(32(4)20-10-6-5-7-11-20)30-26(29-23)19-9-8-12-22(13-19)34-17-21(33)15-27-2/h8-9,12-14,16,20-21,27,33H,5-7,10-11,15,17H2,1-4H3. The van der Waals surface area contributed by atoms with Gasteiger partial charge < -0.3 is 24.6 Å². The van der Waals surface area contributed by atoms with Crippen molar-refractivity contribution in [2.24, 2.45) is 7.05 Å². The largest absolute Gasteiger partial charge is 0.491 e. The van der Waals surface area contributed by atoms with Crippen LogP contribution in [0.15, 0.2) is 36.5 Å². The zero-order chi connectivity index (χ0) is 24.1. The summed E-state index contributed by atoms with van der Waals surface area (Å²) in [4.78, 5) is 16.9. The van der Waals surface area contributed by atoms with Crippen molar-refractivity contribution in [3.05, 3.63) is 42.4 Å². The number of ether oxygens (including phenoxy) is 1. The minimum Gasteiger partial charge on any atom is -0.491 e. The molecule has 0 amide bonds. The summed E-state index contributed by atoms with van der Waals surface area (Å²) in [5.74, 6) is 3.16. The van der Waals surface area contributed by atoms with E-state index in [1.54, 1.807) is 7.05 Å². The number of aliphatic hydroxyl groups is 1. The van der Waals surface area contributed by atoms with Crippen LogP contribution in [0.4, 0.5) is 5.82 Å². The Hall–Kier alpha value is -2.97. The molecule has 2 aromatic heterocycles. The van der Waals surface area contributed by atoms with Gasteiger partial charge in [0.05, 0.1) is 5.69 Å². The van der Waals surface area contributed by atoms with Crippen molar-refractivity contribution in [3.63, 3.8) is 0 Å². The van der Waals surface area contributed by atoms with Crippen LogP contribution >= 0.6 is 0 Å². The SMILES string of the molecule is CNCC(O)COc1cccc(-c2nc(-c3cn(C)c(C)n3)cc(N(C)C3CCCCC3)n2)c1. The first-order valence-corrected chi connectivity index (χ1v) is 12.1. The smallest absolute Gasteiger partial charge is 0.162 e. The minimum atomic E-state index is -0.573. The van der Waals surface area contributed by atoms with Crippen LogP contribution in [0.3, 0.4) is 0 Å². The highest BCUT2D eigenvalue weighted by Gasteiger charge is 2.21. The average molecular weight is 465 g/mol. The van der Waals surface area contributed by atoms with Crippen LogP contribution in [0.2, 0.25) is 0 Å². The molecule has 182 valence electrons. The molecule has 1 fully saturated rings. The van der Waals surface area contributed by atoms with Crippen LogP contribution in [0.1, 0.15) is 37.9 Å². The second-order valence-electron chi connectivity index (χ2n) is 9.17. The lowest BCUT2D eigenvalue weighted by molar-refractivity contribution is 0.108. The van der Waals surface area contributed by atoms with E-state index in [1.165, 1.54) is 32.1 Å². The monoisotopic (exact) mass is 464 g/mol. The minimum absolute atomic E-state index is 0.216. The van der Waals surface area contributed by atoms with Crippen LogP contribution < -0.4 is 15.0 Å². The fourth-order valence-electron chi connectivity index (χ4n) is 4.43. The highest BCUT2D eigenvalue weighted by atomic mass is 16.5. The summed E-state index contributed by atoms with van der Waals surface area (Å²) in [5, 5.41) is 12.9. The molecular weight excluding hydrogens is 428 g/mol. The first-order chi connectivity index (χ1) is 16.4. The van der Waals surface area contributed by atoms with Crippen molar-refractivity contribution in [2.75, 3.05) is 32.1 Å². The quantitative estimate of drug-likeness (QED) is 0.500. The highest BCUT2D eigenvalue weighted by Crippen LogP contribution is 2.30. The lowest BCUT2D eigenvalue weighted by atomic mass is 9.94. The maximum absolute atomic E-state index is 9.98. The molecule has 0 saturated heterocycles. The first kappa shape index (κ1) is 24.2. The van der Waals surface area contributed by atoms with Crippen LogP contribution in [0.5, 0.6) is 5.75 Å². The molecule has 8 nitrogen and oxygen atoms in total. The van der Waals surface area contributed by atoms with Gasteiger partial charge in [-0.1, -0.05) is 31.4 Å². The van der Waals surface area contributed by atoms with Crippen LogP contribution in [0, 0.1) is 6.92 Å². The molecule has 4 rings (SSSR count). The van der Waals surface area contributed by atoms with Crippen LogP contribution in [0.25, 0.3) is 22.8 Å². The molecule has 8 heteroatoms. The molecule has 1 atom stereocenters. The Balaban J connectivity index is 1.68. The summed E-state index contributed by atoms with van der Waals surface area (Å²) in [6, 6.07) is 10.3. The summed E-state index contributed by atoms with van der Waals surface area (Å²) in [7, 11) is 5.93. The number of imidazole rings is 1. The van der Waals surface area contributed by atoms with Crippen LogP contribution in [-0.2, 0) is 7.05 Å². The van der Waals surface area contributed by atoms with E-state index in [-0.39, 0.29) is 6.61 Å². The number of rotatable bonds is 9. The van der Waals surface area contributed by atoms with Gasteiger partial charge in [-0.25, -0.2) is 15.0 Å². The van der Waals surface area contributed by atoms with Gasteiger partial charge in [-0.2, -0.15) is 0 Å². The number of nitrogens with one attached hydrogen (secondary N) is 1. The number of aryl methyl sites for hydroxylation is 2. The second-order valence-corrected chi connectivity index (χ2v) is 9.17. The predicted octanol–water partition coefficient (Wildman–Crippen LogP) is 3.58. The Bertz CT molecular complexity index is 1070. The lowest BCUT2D eigenvalue weighted by Gasteiger charge is -2.32. The number of aromatic nitrogens is 4. The zero-order valence-corrected chi connectivity index (χ0v) is 20.7. The molecule has 1 aliphatic rings. The van der Waals surface area contributed by atoms with Gasteiger partial charge in [-0.15, -0.1) is 0 Å². The third-order valence-corrected chi connectivity index (χ3v) is 6.54. The van der Waals surface area contributed by atoms with Gasteiger partial charge in [0.2, 0.25) is 0 Å². The van der Waals surface area contributed by atoms with E-state index in [1.807, 2.05) is 55.1 Å². The topological polar surface area (TPSA) is 88.3 Å². The summed E-state index contributed by atoms with van der Waals surface area (Å²) >= 11 is 0. The van der Waals surface area contributed by atoms with Crippen molar-refractivity contribution in [1.82, 2.24) is 24.8 Å². The summed E-state index contributed by atoms with van der Waals surface area (Å²) in [6.07, 6.45) is 7.65. The molecule has 1 unspecified atom stereocenters. The molecule has 0 aliphatic heterocycles. The molecule has 0 spiro atoms. The maximum atomic E-state index is 9.98. The number of nitrogens with zero attached hydrogens (tertiary/aromatic N) is 5. The highest BCUT2D eigenvalue weighted by molar-refractivity contribution is 5.66. The predicted molar refractivity (Wildman–Crippen MR) is 135 cm³/mol. The normalized spacial score (nSPS) is 15.3. The number of aliphatic hydroxyl groups excluding tert-OH is 1. The summed E-state index contributed by atoms with van der Waals surface area (Å²) in [5.41, 5.74) is 2.51. The number of hydrogen-bond donors (Lipinski definition) is 2. The molecule has 1 aromatic carbocycles. The number of hydrogen-bond acceptors (Lipinski definition) is 7. The van der Waals surface area contributed by atoms with Gasteiger partial charge in [-0.05, 0) is 38.9 Å². The zero-order valence-electron chi connectivity index (χ0n) is 20.7. The second kappa shape index (κ2) is 11.0. The van der Waals surface area contributed by atoms with Crippen molar-refractivity contribution in [3.8, 4) is 28.5 Å². The van der Waals surface area contributed by atoms with E-state index >= 15 is 0 Å². The van der Waals surface area contributed by atoms with Crippen molar-refractivity contribution in [1.29, 1.82) is 0 Å². The van der Waals surface area contributed by atoms with E-state index in [0.29, 0.717) is 24.2 Å². The van der Waals surface area contributed by atoms with E-state index in [4.69, 9.17) is 19.7 Å². The molecule has 34 heavy (non-hydrogen) atoms. The van der Waals surface area contributed by atoms with E-state index in [9.17, 15) is 5.11 Å². The Kier molecular flexibility index (Phi) is 7.80. The van der Waals surface area contributed by atoms with Crippen molar-refractivity contribution < 1.29 is 9.84 Å². The summed E-state index contributed by atoms with van der Waals surface area (Å²) < 4.78 is 7.82. The van der Waals surface area contributed by atoms with Gasteiger partial charge in [-0.3, -0.25) is 0 Å². The van der Waals surface area contributed by atoms with Gasteiger partial charge in [0.25, 0.3) is 0 Å². The molecule has 1 saturated carbocycles. The third kappa shape index (κ3) is 5.74. The lowest BCUT2D eigenvalue weighted by Crippen LogP contribution is -2.34. The first-order valence-electron chi connectivity index (χ1n) is 12.1. The van der Waals surface area contributed by atoms with Crippen molar-refractivity contribution in [2.45, 2.75) is 51.2 Å². The molecular formula is C26H36N6O2. The van der Waals surface area contributed by atoms with Gasteiger partial charge in [0.1, 0.15) is 35.8 Å². The molecule has 2 heterocycles. The molecule has 1 aliphatic carbocycles. The Morgan fingerprint density at radius 2 is 1.94 bits per heavy atom. The number of likely N-dealkylation sites (N-methyl/N-ethyl adjacent to an activating group) is 1. The van der Waals surface area contributed by atoms with Gasteiger partial charge in [0.15, 0.2) is 5.82 Å². The fraction of sp³-hybridized carbons (Fsp3) is 0.500. The average Bonchev–Trinajstić information content (AvgIpc) is 3.21.